The second-order valence-corrected chi connectivity index (χ2v) is 16.3. The molecule has 0 saturated carbocycles. The maximum atomic E-state index is 6.54. The summed E-state index contributed by atoms with van der Waals surface area (Å²) in [5.41, 5.74) is 12.3. The Balaban J connectivity index is 1.02. The number of hydrogen-bond acceptors (Lipinski definition) is 3. The van der Waals surface area contributed by atoms with Crippen LogP contribution in [0.15, 0.2) is 217 Å². The van der Waals surface area contributed by atoms with E-state index in [0.29, 0.717) is 0 Å². The smallest absolute Gasteiger partial charge is 0.143 e. The van der Waals surface area contributed by atoms with Crippen LogP contribution in [0.25, 0.3) is 97.0 Å². The molecule has 0 atom stereocenters. The van der Waals surface area contributed by atoms with Crippen LogP contribution in [0.4, 0.5) is 17.1 Å². The lowest BCUT2D eigenvalue weighted by atomic mass is 9.95. The summed E-state index contributed by atoms with van der Waals surface area (Å²) >= 11 is 1.86. The predicted octanol–water partition coefficient (Wildman–Crippen LogP) is 16.7. The zero-order chi connectivity index (χ0) is 38.9. The molecule has 2 aromatic heterocycles. The fourth-order valence-electron chi connectivity index (χ4n) is 9.05. The van der Waals surface area contributed by atoms with Gasteiger partial charge in [0.05, 0.1) is 16.1 Å². The number of fused-ring (bicyclic) bond motifs is 9. The van der Waals surface area contributed by atoms with E-state index in [2.05, 4.69) is 217 Å². The first-order valence-electron chi connectivity index (χ1n) is 20.1. The Labute approximate surface area is 345 Å². The van der Waals surface area contributed by atoms with Crippen molar-refractivity contribution in [2.45, 2.75) is 0 Å². The maximum Gasteiger partial charge on any atom is 0.143 e. The van der Waals surface area contributed by atoms with Gasteiger partial charge in [0.1, 0.15) is 11.2 Å². The first-order chi connectivity index (χ1) is 29.2. The average Bonchev–Trinajstić information content (AvgIpc) is 3.88. The highest BCUT2D eigenvalue weighted by Crippen LogP contribution is 2.48. The lowest BCUT2D eigenvalue weighted by Gasteiger charge is -2.28. The minimum Gasteiger partial charge on any atom is -0.455 e. The molecule has 0 spiro atoms. The molecule has 0 amide bonds. The monoisotopic (exact) mass is 769 g/mol. The van der Waals surface area contributed by atoms with Crippen LogP contribution in [0.5, 0.6) is 0 Å². The first-order valence-corrected chi connectivity index (χ1v) is 20.9. The molecule has 59 heavy (non-hydrogen) atoms. The van der Waals surface area contributed by atoms with Crippen molar-refractivity contribution in [1.29, 1.82) is 0 Å². The van der Waals surface area contributed by atoms with Gasteiger partial charge in [-0.3, -0.25) is 0 Å². The second-order valence-electron chi connectivity index (χ2n) is 15.2. The summed E-state index contributed by atoms with van der Waals surface area (Å²) in [7, 11) is 0. The van der Waals surface area contributed by atoms with Gasteiger partial charge < -0.3 is 9.32 Å². The van der Waals surface area contributed by atoms with Gasteiger partial charge in [-0.15, -0.1) is 11.3 Å². The SMILES string of the molecule is c1cc(-c2ccc(N(c3ccccc3-c3ccc4oc5c6ccccc6ccc5c4c3)c3cccc4c3sc3ccccc34)cc2)cc(-c2cccc3ccccc23)c1. The number of anilines is 3. The normalized spacial score (nSPS) is 11.7. The summed E-state index contributed by atoms with van der Waals surface area (Å²) in [6.45, 7) is 0. The molecular weight excluding hydrogens is 735 g/mol. The summed E-state index contributed by atoms with van der Waals surface area (Å²) in [5, 5.41) is 9.63. The number of thiophene rings is 1. The Morgan fingerprint density at radius 1 is 0.356 bits per heavy atom. The highest BCUT2D eigenvalue weighted by Gasteiger charge is 2.22. The van der Waals surface area contributed by atoms with Crippen LogP contribution >= 0.6 is 11.3 Å². The van der Waals surface area contributed by atoms with E-state index in [1.807, 2.05) is 11.3 Å². The number of benzene rings is 10. The number of furan rings is 1. The van der Waals surface area contributed by atoms with Crippen molar-refractivity contribution in [1.82, 2.24) is 0 Å². The van der Waals surface area contributed by atoms with Crippen LogP contribution in [-0.2, 0) is 0 Å². The molecule has 0 radical (unpaired) electrons. The fraction of sp³-hybridized carbons (Fsp3) is 0. The standard InChI is InChI=1S/C56H35NOS/c1-3-17-43-37(12-1)14-10-21-44(43)40-16-9-15-39(34-40)36-26-30-42(31-27-36)57(52-24-11-22-49-47-20-6-8-25-54(47)59-56(49)52)51-23-7-5-18-45(51)41-29-33-53-50(35-41)48-32-28-38-13-2-4-19-46(38)55(48)58-53/h1-35H. The van der Waals surface area contributed by atoms with Crippen LogP contribution in [0.3, 0.4) is 0 Å². The molecule has 276 valence electrons. The predicted molar refractivity (Wildman–Crippen MR) is 253 cm³/mol. The van der Waals surface area contributed by atoms with E-state index >= 15 is 0 Å². The summed E-state index contributed by atoms with van der Waals surface area (Å²) in [6.07, 6.45) is 0. The van der Waals surface area contributed by atoms with Crippen LogP contribution in [0.2, 0.25) is 0 Å². The van der Waals surface area contributed by atoms with Gasteiger partial charge in [-0.05, 0) is 98.6 Å². The van der Waals surface area contributed by atoms with Crippen molar-refractivity contribution in [3.63, 3.8) is 0 Å². The minimum atomic E-state index is 0.893. The Hall–Kier alpha value is -7.46. The Morgan fingerprint density at radius 3 is 1.88 bits per heavy atom. The highest BCUT2D eigenvalue weighted by atomic mass is 32.1. The number of hydrogen-bond donors (Lipinski definition) is 0. The Bertz CT molecular complexity index is 3570. The third-order valence-corrected chi connectivity index (χ3v) is 13.1. The van der Waals surface area contributed by atoms with Crippen LogP contribution in [0.1, 0.15) is 0 Å². The molecule has 0 bridgehead atoms. The van der Waals surface area contributed by atoms with Crippen molar-refractivity contribution in [3.05, 3.63) is 212 Å². The molecule has 12 rings (SSSR count). The molecule has 0 aliphatic heterocycles. The van der Waals surface area contributed by atoms with Gasteiger partial charge in [-0.2, -0.15) is 0 Å². The van der Waals surface area contributed by atoms with Gasteiger partial charge in [-0.1, -0.05) is 158 Å². The van der Waals surface area contributed by atoms with E-state index in [9.17, 15) is 0 Å². The van der Waals surface area contributed by atoms with E-state index in [1.54, 1.807) is 0 Å². The zero-order valence-electron chi connectivity index (χ0n) is 32.0. The molecular formula is C56H35NOS. The van der Waals surface area contributed by atoms with E-state index in [-0.39, 0.29) is 0 Å². The number of nitrogens with zero attached hydrogens (tertiary/aromatic N) is 1. The molecule has 10 aromatic carbocycles. The summed E-state index contributed by atoms with van der Waals surface area (Å²) in [5.74, 6) is 0. The van der Waals surface area contributed by atoms with E-state index in [0.717, 1.165) is 55.5 Å². The first kappa shape index (κ1) is 33.7. The molecule has 0 aliphatic rings. The van der Waals surface area contributed by atoms with Crippen LogP contribution in [-0.4, -0.2) is 0 Å². The van der Waals surface area contributed by atoms with Gasteiger partial charge in [-0.25, -0.2) is 0 Å². The molecule has 2 heterocycles. The van der Waals surface area contributed by atoms with Crippen molar-refractivity contribution >= 4 is 92.1 Å². The minimum absolute atomic E-state index is 0.893. The van der Waals surface area contributed by atoms with Gasteiger partial charge in [0.15, 0.2) is 0 Å². The molecule has 12 aromatic rings. The van der Waals surface area contributed by atoms with Crippen LogP contribution < -0.4 is 4.90 Å². The third kappa shape index (κ3) is 5.55. The number of para-hydroxylation sites is 1. The van der Waals surface area contributed by atoms with Crippen molar-refractivity contribution in [3.8, 4) is 33.4 Å². The summed E-state index contributed by atoms with van der Waals surface area (Å²) in [6, 6.07) is 77.0. The Kier molecular flexibility index (Phi) is 7.75. The van der Waals surface area contributed by atoms with Crippen LogP contribution in [0, 0.1) is 0 Å². The lowest BCUT2D eigenvalue weighted by molar-refractivity contribution is 0.672. The van der Waals surface area contributed by atoms with Gasteiger partial charge in [0, 0.05) is 42.9 Å². The average molecular weight is 770 g/mol. The van der Waals surface area contributed by atoms with Gasteiger partial charge in [0.25, 0.3) is 0 Å². The quantitative estimate of drug-likeness (QED) is 0.167. The van der Waals surface area contributed by atoms with E-state index in [4.69, 9.17) is 4.42 Å². The molecule has 0 unspecified atom stereocenters. The molecule has 0 N–H and O–H groups in total. The molecule has 0 fully saturated rings. The van der Waals surface area contributed by atoms with Crippen molar-refractivity contribution in [2.75, 3.05) is 4.90 Å². The summed E-state index contributed by atoms with van der Waals surface area (Å²) < 4.78 is 9.09. The van der Waals surface area contributed by atoms with Crippen molar-refractivity contribution in [2.24, 2.45) is 0 Å². The lowest BCUT2D eigenvalue weighted by Crippen LogP contribution is -2.11. The highest BCUT2D eigenvalue weighted by molar-refractivity contribution is 7.26. The summed E-state index contributed by atoms with van der Waals surface area (Å²) in [4.78, 5) is 2.45. The topological polar surface area (TPSA) is 16.4 Å². The van der Waals surface area contributed by atoms with E-state index < -0.39 is 0 Å². The molecule has 0 aliphatic carbocycles. The third-order valence-electron chi connectivity index (χ3n) is 11.9. The number of rotatable bonds is 6. The molecule has 2 nitrogen and oxygen atoms in total. The maximum absolute atomic E-state index is 6.54. The zero-order valence-corrected chi connectivity index (χ0v) is 32.8. The van der Waals surface area contributed by atoms with Crippen molar-refractivity contribution < 1.29 is 4.42 Å². The van der Waals surface area contributed by atoms with E-state index in [1.165, 1.54) is 58.6 Å². The Morgan fingerprint density at radius 2 is 0.983 bits per heavy atom. The van der Waals surface area contributed by atoms with Gasteiger partial charge in [0.2, 0.25) is 0 Å². The molecule has 3 heteroatoms. The molecule has 0 saturated heterocycles. The largest absolute Gasteiger partial charge is 0.455 e. The van der Waals surface area contributed by atoms with Gasteiger partial charge >= 0.3 is 0 Å². The fourth-order valence-corrected chi connectivity index (χ4v) is 10.3. The second kappa shape index (κ2) is 13.6.